The zero-order valence-electron chi connectivity index (χ0n) is 18.8. The lowest BCUT2D eigenvalue weighted by molar-refractivity contribution is -0.0375. The molecule has 170 valence electrons. The fraction of sp³-hybridized carbons (Fsp3) is 0.440. The van der Waals surface area contributed by atoms with Crippen molar-refractivity contribution in [3.8, 4) is 0 Å². The zero-order valence-corrected chi connectivity index (χ0v) is 18.8. The summed E-state index contributed by atoms with van der Waals surface area (Å²) in [7, 11) is 1.34. The van der Waals surface area contributed by atoms with Crippen molar-refractivity contribution in [2.45, 2.75) is 25.9 Å². The first-order valence-corrected chi connectivity index (χ1v) is 11.2. The van der Waals surface area contributed by atoms with Gasteiger partial charge in [0.25, 0.3) is 5.91 Å². The molecule has 7 heteroatoms. The average Bonchev–Trinajstić information content (AvgIpc) is 2.82. The number of ketones is 1. The van der Waals surface area contributed by atoms with E-state index in [0.717, 1.165) is 67.9 Å². The molecule has 1 N–H and O–H groups in total. The Hall–Kier alpha value is -2.74. The van der Waals surface area contributed by atoms with Gasteiger partial charge < -0.3 is 9.64 Å². The van der Waals surface area contributed by atoms with Crippen LogP contribution in [0.2, 0.25) is 0 Å². The normalized spacial score (nSPS) is 18.8. The Labute approximate surface area is 189 Å². The number of anilines is 1. The molecule has 2 aliphatic heterocycles. The molecular weight excluding hydrogens is 406 g/mol. The number of fused-ring (bicyclic) bond motifs is 1. The molecule has 0 spiro atoms. The van der Waals surface area contributed by atoms with Crippen LogP contribution in [0.15, 0.2) is 42.5 Å². The van der Waals surface area contributed by atoms with Crippen molar-refractivity contribution in [3.63, 3.8) is 0 Å². The number of benzene rings is 2. The van der Waals surface area contributed by atoms with Crippen LogP contribution in [-0.2, 0) is 11.2 Å². The Morgan fingerprint density at radius 1 is 1.06 bits per heavy atom. The van der Waals surface area contributed by atoms with E-state index in [9.17, 15) is 14.8 Å². The fourth-order valence-electron chi connectivity index (χ4n) is 4.53. The molecule has 2 aromatic carbocycles. The van der Waals surface area contributed by atoms with Gasteiger partial charge in [0.2, 0.25) is 0 Å². The van der Waals surface area contributed by atoms with Crippen LogP contribution in [0.1, 0.15) is 51.3 Å². The van der Waals surface area contributed by atoms with Gasteiger partial charge in [-0.3, -0.25) is 19.7 Å². The maximum atomic E-state index is 12.0. The predicted octanol–water partition coefficient (Wildman–Crippen LogP) is 3.18. The summed E-state index contributed by atoms with van der Waals surface area (Å²) in [5.41, 5.74) is 4.70. The first-order chi connectivity index (χ1) is 15.4. The number of hydrogen-bond donors (Lipinski definition) is 1. The highest BCUT2D eigenvalue weighted by atomic mass is 16.5. The van der Waals surface area contributed by atoms with Crippen molar-refractivity contribution >= 4 is 17.4 Å². The van der Waals surface area contributed by atoms with E-state index in [4.69, 9.17) is 4.74 Å². The van der Waals surface area contributed by atoms with Crippen molar-refractivity contribution in [2.75, 3.05) is 51.3 Å². The van der Waals surface area contributed by atoms with E-state index < -0.39 is 5.91 Å². The third-order valence-electron chi connectivity index (χ3n) is 6.44. The van der Waals surface area contributed by atoms with Crippen LogP contribution in [-0.4, -0.2) is 73.2 Å². The number of rotatable bonds is 6. The van der Waals surface area contributed by atoms with E-state index in [0.29, 0.717) is 17.2 Å². The molecule has 0 bridgehead atoms. The van der Waals surface area contributed by atoms with Crippen LogP contribution in [0.25, 0.3) is 0 Å². The van der Waals surface area contributed by atoms with E-state index >= 15 is 0 Å². The first-order valence-electron chi connectivity index (χ1n) is 11.2. The molecular formula is C25H31N3O4. The van der Waals surface area contributed by atoms with Crippen LogP contribution in [0.4, 0.5) is 5.69 Å². The van der Waals surface area contributed by atoms with Crippen LogP contribution in [0, 0.1) is 0 Å². The SMILES string of the molecule is CC(=O)c1ccc(N2CCN(CC[C@@H]3OCCc4cc(C(=O)N(C)O)ccc43)CC2)cc1. The number of hydrogen-bond acceptors (Lipinski definition) is 6. The number of carbonyl (C=O) groups excluding carboxylic acids is 2. The second kappa shape index (κ2) is 9.81. The van der Waals surface area contributed by atoms with Crippen LogP contribution < -0.4 is 4.90 Å². The molecule has 0 aliphatic carbocycles. The van der Waals surface area contributed by atoms with Crippen LogP contribution in [0.3, 0.4) is 0 Å². The van der Waals surface area contributed by atoms with E-state index in [1.165, 1.54) is 7.05 Å². The summed E-state index contributed by atoms with van der Waals surface area (Å²) in [5.74, 6) is -0.305. The molecule has 7 nitrogen and oxygen atoms in total. The van der Waals surface area contributed by atoms with Gasteiger partial charge in [0.05, 0.1) is 12.7 Å². The molecule has 0 radical (unpaired) electrons. The molecule has 1 fully saturated rings. The van der Waals surface area contributed by atoms with Crippen molar-refractivity contribution in [1.29, 1.82) is 0 Å². The Morgan fingerprint density at radius 3 is 2.41 bits per heavy atom. The zero-order chi connectivity index (χ0) is 22.7. The number of ether oxygens (including phenoxy) is 1. The molecule has 32 heavy (non-hydrogen) atoms. The Kier molecular flexibility index (Phi) is 6.89. The minimum absolute atomic E-state index is 0.0342. The maximum absolute atomic E-state index is 12.0. The van der Waals surface area contributed by atoms with Crippen molar-refractivity contribution in [1.82, 2.24) is 9.96 Å². The largest absolute Gasteiger partial charge is 0.373 e. The van der Waals surface area contributed by atoms with Crippen molar-refractivity contribution in [3.05, 3.63) is 64.7 Å². The number of nitrogens with zero attached hydrogens (tertiary/aromatic N) is 3. The second-order valence-corrected chi connectivity index (χ2v) is 8.57. The van der Waals surface area contributed by atoms with Gasteiger partial charge >= 0.3 is 0 Å². The summed E-state index contributed by atoms with van der Waals surface area (Å²) in [6.07, 6.45) is 1.73. The highest BCUT2D eigenvalue weighted by molar-refractivity contribution is 5.94. The molecule has 0 aromatic heterocycles. The van der Waals surface area contributed by atoms with Gasteiger partial charge in [0, 0.05) is 56.6 Å². The molecule has 2 aliphatic rings. The standard InChI is InChI=1S/C25H31N3O4/c1-18(29)19-3-6-22(7-4-19)28-14-12-27(13-15-28)11-9-24-23-8-5-21(25(30)26(2)31)17-20(23)10-16-32-24/h3-8,17,24,31H,9-16H2,1-2H3/t24-/m0/s1. The summed E-state index contributed by atoms with van der Waals surface area (Å²) >= 11 is 0. The number of carbonyl (C=O) groups is 2. The molecule has 1 saturated heterocycles. The average molecular weight is 438 g/mol. The minimum Gasteiger partial charge on any atom is -0.373 e. The number of hydroxylamine groups is 2. The van der Waals surface area contributed by atoms with Gasteiger partial charge in [-0.2, -0.15) is 0 Å². The smallest absolute Gasteiger partial charge is 0.276 e. The van der Waals surface area contributed by atoms with Gasteiger partial charge in [-0.25, -0.2) is 5.06 Å². The van der Waals surface area contributed by atoms with Gasteiger partial charge in [0.15, 0.2) is 5.78 Å². The minimum atomic E-state index is -0.398. The van der Waals surface area contributed by atoms with Crippen LogP contribution in [0.5, 0.6) is 0 Å². The first kappa shape index (κ1) is 22.5. The molecule has 4 rings (SSSR count). The molecule has 2 aromatic rings. The third-order valence-corrected chi connectivity index (χ3v) is 6.44. The van der Waals surface area contributed by atoms with Gasteiger partial charge in [-0.05, 0) is 67.3 Å². The number of amides is 1. The predicted molar refractivity (Wildman–Crippen MR) is 122 cm³/mol. The monoisotopic (exact) mass is 437 g/mol. The maximum Gasteiger partial charge on any atom is 0.276 e. The van der Waals surface area contributed by atoms with Crippen LogP contribution >= 0.6 is 0 Å². The van der Waals surface area contributed by atoms with E-state index in [-0.39, 0.29) is 11.9 Å². The quantitative estimate of drug-likeness (QED) is 0.425. The molecule has 1 amide bonds. The third kappa shape index (κ3) is 5.01. The second-order valence-electron chi connectivity index (χ2n) is 8.57. The van der Waals surface area contributed by atoms with E-state index in [1.807, 2.05) is 36.4 Å². The van der Waals surface area contributed by atoms with Crippen molar-refractivity contribution < 1.29 is 19.5 Å². The molecule has 0 unspecified atom stereocenters. The van der Waals surface area contributed by atoms with E-state index in [1.54, 1.807) is 13.0 Å². The van der Waals surface area contributed by atoms with Crippen molar-refractivity contribution in [2.24, 2.45) is 0 Å². The lowest BCUT2D eigenvalue weighted by atomic mass is 9.93. The highest BCUT2D eigenvalue weighted by Crippen LogP contribution is 2.31. The molecule has 1 atom stereocenters. The number of Topliss-reactive ketones (excluding diaryl/α,β-unsaturated/α-hetero) is 1. The molecule has 2 heterocycles. The Morgan fingerprint density at radius 2 is 1.75 bits per heavy atom. The Balaban J connectivity index is 1.31. The summed E-state index contributed by atoms with van der Waals surface area (Å²) in [6.45, 7) is 7.10. The lowest BCUT2D eigenvalue weighted by Crippen LogP contribution is -2.47. The van der Waals surface area contributed by atoms with Gasteiger partial charge in [0.1, 0.15) is 0 Å². The van der Waals surface area contributed by atoms with Gasteiger partial charge in [-0.1, -0.05) is 6.07 Å². The van der Waals surface area contributed by atoms with Gasteiger partial charge in [-0.15, -0.1) is 0 Å². The lowest BCUT2D eigenvalue weighted by Gasteiger charge is -2.37. The highest BCUT2D eigenvalue weighted by Gasteiger charge is 2.24. The summed E-state index contributed by atoms with van der Waals surface area (Å²) < 4.78 is 6.05. The Bertz CT molecular complexity index is 966. The summed E-state index contributed by atoms with van der Waals surface area (Å²) in [6, 6.07) is 13.5. The van der Waals surface area contributed by atoms with E-state index in [2.05, 4.69) is 9.80 Å². The summed E-state index contributed by atoms with van der Waals surface area (Å²) in [4.78, 5) is 28.3. The fourth-order valence-corrected chi connectivity index (χ4v) is 4.53. The summed E-state index contributed by atoms with van der Waals surface area (Å²) in [5, 5.41) is 10.0. The topological polar surface area (TPSA) is 73.3 Å². The molecule has 0 saturated carbocycles. The number of piperazine rings is 1.